The molecular weight excluding hydrogens is 311 g/mol. The second-order valence-electron chi connectivity index (χ2n) is 4.13. The normalized spacial score (nSPS) is 11.7. The van der Waals surface area contributed by atoms with Crippen molar-refractivity contribution in [1.29, 1.82) is 0 Å². The van der Waals surface area contributed by atoms with Crippen LogP contribution in [-0.4, -0.2) is 34.3 Å². The second kappa shape index (κ2) is 8.38. The summed E-state index contributed by atoms with van der Waals surface area (Å²) in [6, 6.07) is 0. The number of hydrogen-bond acceptors (Lipinski definition) is 7. The monoisotopic (exact) mass is 334 g/mol. The highest BCUT2D eigenvalue weighted by atomic mass is 31.2. The summed E-state index contributed by atoms with van der Waals surface area (Å²) in [7, 11) is -3.05. The van der Waals surface area contributed by atoms with Gasteiger partial charge in [0.2, 0.25) is 11.6 Å². The molecule has 0 atom stereocenters. The van der Waals surface area contributed by atoms with Crippen molar-refractivity contribution in [2.45, 2.75) is 41.2 Å². The van der Waals surface area contributed by atoms with Gasteiger partial charge in [0.25, 0.3) is 0 Å². The van der Waals surface area contributed by atoms with E-state index >= 15 is 0 Å². The molecule has 1 aromatic heterocycles. The van der Waals surface area contributed by atoms with Crippen LogP contribution in [0.4, 0.5) is 11.6 Å². The maximum atomic E-state index is 11.2. The lowest BCUT2D eigenvalue weighted by Gasteiger charge is -2.21. The standard InChI is InChI=1S/C12H23N4O5P/c1-6-15-10(5)13-11(16(17)18)12(15)14-22(19-7-2,20-8-3)21-9-4/h6-9H2,1-5H3. The molecule has 0 unspecified atom stereocenters. The topological polar surface area (TPSA) is 101 Å². The van der Waals surface area contributed by atoms with Crippen LogP contribution in [0.1, 0.15) is 33.5 Å². The van der Waals surface area contributed by atoms with Gasteiger partial charge in [0.05, 0.1) is 19.8 Å². The summed E-state index contributed by atoms with van der Waals surface area (Å²) in [5.74, 6) is 0.312. The summed E-state index contributed by atoms with van der Waals surface area (Å²) < 4.78 is 22.8. The highest BCUT2D eigenvalue weighted by Gasteiger charge is 2.30. The molecule has 1 rings (SSSR count). The Bertz CT molecular complexity index is 548. The van der Waals surface area contributed by atoms with Gasteiger partial charge in [-0.1, -0.05) is 0 Å². The lowest BCUT2D eigenvalue weighted by atomic mass is 10.6. The van der Waals surface area contributed by atoms with Gasteiger partial charge < -0.3 is 23.7 Å². The van der Waals surface area contributed by atoms with E-state index in [1.807, 2.05) is 6.92 Å². The number of aromatic nitrogens is 2. The van der Waals surface area contributed by atoms with Gasteiger partial charge >= 0.3 is 13.6 Å². The van der Waals surface area contributed by atoms with Crippen LogP contribution in [0.3, 0.4) is 0 Å². The molecule has 0 N–H and O–H groups in total. The van der Waals surface area contributed by atoms with E-state index in [1.165, 1.54) is 0 Å². The number of hydrogen-bond donors (Lipinski definition) is 0. The van der Waals surface area contributed by atoms with Gasteiger partial charge in [-0.15, -0.1) is 0 Å². The third-order valence-corrected chi connectivity index (χ3v) is 4.88. The predicted molar refractivity (Wildman–Crippen MR) is 83.2 cm³/mol. The zero-order valence-electron chi connectivity index (χ0n) is 13.6. The van der Waals surface area contributed by atoms with E-state index in [2.05, 4.69) is 9.73 Å². The van der Waals surface area contributed by atoms with Crippen LogP contribution in [0.5, 0.6) is 0 Å². The maximum Gasteiger partial charge on any atom is 0.409 e. The largest absolute Gasteiger partial charge is 0.409 e. The molecule has 22 heavy (non-hydrogen) atoms. The van der Waals surface area contributed by atoms with Gasteiger partial charge in [0, 0.05) is 13.5 Å². The smallest absolute Gasteiger partial charge is 0.358 e. The van der Waals surface area contributed by atoms with Crippen molar-refractivity contribution in [3.63, 3.8) is 0 Å². The molecule has 0 spiro atoms. The fraction of sp³-hybridized carbons (Fsp3) is 0.750. The Morgan fingerprint density at radius 1 is 1.18 bits per heavy atom. The van der Waals surface area contributed by atoms with Crippen molar-refractivity contribution < 1.29 is 18.5 Å². The van der Waals surface area contributed by atoms with E-state index in [0.717, 1.165) is 0 Å². The van der Waals surface area contributed by atoms with Gasteiger partial charge in [-0.3, -0.25) is 4.57 Å². The van der Waals surface area contributed by atoms with Gasteiger partial charge in [0.15, 0.2) is 0 Å². The number of rotatable bonds is 9. The summed E-state index contributed by atoms with van der Waals surface area (Å²) in [5.41, 5.74) is 0. The lowest BCUT2D eigenvalue weighted by molar-refractivity contribution is -0.388. The molecule has 1 heterocycles. The Hall–Kier alpha value is -1.28. The van der Waals surface area contributed by atoms with Crippen LogP contribution in [0.25, 0.3) is 0 Å². The summed E-state index contributed by atoms with van der Waals surface area (Å²) in [6.45, 7) is 10.4. The van der Waals surface area contributed by atoms with Gasteiger partial charge in [-0.25, -0.2) is 0 Å². The first-order chi connectivity index (χ1) is 10.4. The van der Waals surface area contributed by atoms with E-state index in [4.69, 9.17) is 13.6 Å². The molecule has 0 saturated heterocycles. The third-order valence-electron chi connectivity index (χ3n) is 2.70. The molecule has 1 aromatic rings. The number of imidazole rings is 1. The van der Waals surface area contributed by atoms with Crippen LogP contribution in [0, 0.1) is 17.0 Å². The molecule has 9 nitrogen and oxygen atoms in total. The van der Waals surface area contributed by atoms with Crippen LogP contribution in [0.2, 0.25) is 0 Å². The second-order valence-corrected chi connectivity index (χ2v) is 6.04. The number of aryl methyl sites for hydroxylation is 1. The molecule has 0 amide bonds. The van der Waals surface area contributed by atoms with Gasteiger partial charge in [-0.05, 0) is 37.6 Å². The van der Waals surface area contributed by atoms with E-state index in [0.29, 0.717) is 32.2 Å². The minimum Gasteiger partial charge on any atom is -0.358 e. The van der Waals surface area contributed by atoms with E-state index < -0.39 is 12.7 Å². The molecule has 10 heteroatoms. The van der Waals surface area contributed by atoms with Crippen molar-refractivity contribution >= 4 is 19.4 Å². The summed E-state index contributed by atoms with van der Waals surface area (Å²) in [4.78, 5) is 14.6. The highest BCUT2D eigenvalue weighted by molar-refractivity contribution is 7.51. The first-order valence-electron chi connectivity index (χ1n) is 7.22. The average molecular weight is 334 g/mol. The summed E-state index contributed by atoms with van der Waals surface area (Å²) in [6.07, 6.45) is 0. The van der Waals surface area contributed by atoms with E-state index in [-0.39, 0.29) is 11.6 Å². The fourth-order valence-corrected chi connectivity index (χ4v) is 3.75. The highest BCUT2D eigenvalue weighted by Crippen LogP contribution is 2.56. The van der Waals surface area contributed by atoms with Crippen molar-refractivity contribution in [3.05, 3.63) is 15.9 Å². The molecule has 0 bridgehead atoms. The van der Waals surface area contributed by atoms with E-state index in [1.54, 1.807) is 32.3 Å². The number of nitro groups is 1. The average Bonchev–Trinajstić information content (AvgIpc) is 2.75. The molecule has 0 aliphatic carbocycles. The molecule has 0 aromatic carbocycles. The molecule has 126 valence electrons. The van der Waals surface area contributed by atoms with Crippen molar-refractivity contribution in [2.24, 2.45) is 4.74 Å². The number of nitrogens with zero attached hydrogens (tertiary/aromatic N) is 4. The van der Waals surface area contributed by atoms with Crippen LogP contribution >= 0.6 is 7.74 Å². The fourth-order valence-electron chi connectivity index (χ4n) is 1.94. The zero-order chi connectivity index (χ0) is 16.8. The zero-order valence-corrected chi connectivity index (χ0v) is 14.5. The quantitative estimate of drug-likeness (QED) is 0.387. The van der Waals surface area contributed by atoms with E-state index in [9.17, 15) is 10.1 Å². The minimum atomic E-state index is -3.05. The van der Waals surface area contributed by atoms with Gasteiger partial charge in [0.1, 0.15) is 0 Å². The summed E-state index contributed by atoms with van der Waals surface area (Å²) >= 11 is 0. The molecule has 0 fully saturated rings. The van der Waals surface area contributed by atoms with Crippen LogP contribution in [0.15, 0.2) is 4.74 Å². The Labute approximate surface area is 130 Å². The Morgan fingerprint density at radius 2 is 1.68 bits per heavy atom. The Morgan fingerprint density at radius 3 is 2.05 bits per heavy atom. The first kappa shape index (κ1) is 18.8. The maximum absolute atomic E-state index is 11.2. The van der Waals surface area contributed by atoms with Crippen molar-refractivity contribution in [2.75, 3.05) is 19.8 Å². The molecule has 0 aliphatic heterocycles. The predicted octanol–water partition coefficient (Wildman–Crippen LogP) is 3.81. The Balaban J connectivity index is 3.56. The third kappa shape index (κ3) is 4.13. The van der Waals surface area contributed by atoms with Crippen molar-refractivity contribution in [1.82, 2.24) is 9.55 Å². The molecular formula is C12H23N4O5P. The Kier molecular flexibility index (Phi) is 7.15. The van der Waals surface area contributed by atoms with Crippen molar-refractivity contribution in [3.8, 4) is 0 Å². The van der Waals surface area contributed by atoms with Gasteiger partial charge in [-0.2, -0.15) is 4.74 Å². The first-order valence-corrected chi connectivity index (χ1v) is 8.71. The minimum absolute atomic E-state index is 0.119. The molecule has 0 radical (unpaired) electrons. The lowest BCUT2D eigenvalue weighted by Crippen LogP contribution is -2.02. The molecule has 0 aliphatic rings. The summed E-state index contributed by atoms with van der Waals surface area (Å²) in [5, 5.41) is 11.2. The van der Waals surface area contributed by atoms with Crippen LogP contribution in [-0.2, 0) is 20.1 Å². The van der Waals surface area contributed by atoms with Crippen LogP contribution < -0.4 is 0 Å². The SMILES string of the molecule is CCOP(=Nc1c([N+](=O)[O-])nc(C)n1CC)(OCC)OCC. The molecule has 0 saturated carbocycles.